The van der Waals surface area contributed by atoms with E-state index in [4.69, 9.17) is 16.3 Å². The third kappa shape index (κ3) is 6.10. The Morgan fingerprint density at radius 2 is 1.53 bits per heavy atom. The molecular formula is C28H31ClN4O3. The Bertz CT molecular complexity index is 1240. The predicted molar refractivity (Wildman–Crippen MR) is 147 cm³/mol. The first kappa shape index (κ1) is 25.4. The summed E-state index contributed by atoms with van der Waals surface area (Å²) in [4.78, 5) is 29.8. The number of rotatable bonds is 6. The van der Waals surface area contributed by atoms with Crippen LogP contribution in [-0.4, -0.2) is 44.8 Å². The number of halogens is 1. The highest BCUT2D eigenvalue weighted by atomic mass is 35.5. The number of nitrogens with zero attached hydrogens (tertiary/aromatic N) is 2. The summed E-state index contributed by atoms with van der Waals surface area (Å²) in [5.74, 6) is -0.426. The van der Waals surface area contributed by atoms with Crippen molar-refractivity contribution in [2.45, 2.75) is 20.8 Å². The summed E-state index contributed by atoms with van der Waals surface area (Å²) in [7, 11) is 0. The molecule has 2 amide bonds. The number of esters is 1. The second kappa shape index (κ2) is 11.4. The lowest BCUT2D eigenvalue weighted by Crippen LogP contribution is -2.47. The van der Waals surface area contributed by atoms with Gasteiger partial charge >= 0.3 is 12.0 Å². The maximum Gasteiger partial charge on any atom is 0.338 e. The summed E-state index contributed by atoms with van der Waals surface area (Å²) in [5.41, 5.74) is 6.16. The lowest BCUT2D eigenvalue weighted by molar-refractivity contribution is 0.0526. The van der Waals surface area contributed by atoms with Crippen molar-refractivity contribution in [3.8, 4) is 0 Å². The van der Waals surface area contributed by atoms with Crippen molar-refractivity contribution in [2.24, 2.45) is 0 Å². The first-order valence-corrected chi connectivity index (χ1v) is 12.4. The summed E-state index contributed by atoms with van der Waals surface area (Å²) in [6.07, 6.45) is 0. The van der Waals surface area contributed by atoms with Crippen LogP contribution in [0.3, 0.4) is 0 Å². The number of amides is 2. The van der Waals surface area contributed by atoms with Gasteiger partial charge in [-0.05, 0) is 80.4 Å². The van der Waals surface area contributed by atoms with Crippen LogP contribution in [0.2, 0.25) is 5.02 Å². The van der Waals surface area contributed by atoms with Gasteiger partial charge in [0.2, 0.25) is 0 Å². The van der Waals surface area contributed by atoms with Gasteiger partial charge in [0.25, 0.3) is 0 Å². The summed E-state index contributed by atoms with van der Waals surface area (Å²) >= 11 is 5.94. The van der Waals surface area contributed by atoms with E-state index in [0.29, 0.717) is 22.0 Å². The lowest BCUT2D eigenvalue weighted by atomic mass is 10.1. The van der Waals surface area contributed by atoms with Gasteiger partial charge in [-0.2, -0.15) is 0 Å². The van der Waals surface area contributed by atoms with Gasteiger partial charge < -0.3 is 25.2 Å². The molecule has 1 aliphatic rings. The van der Waals surface area contributed by atoms with E-state index < -0.39 is 12.0 Å². The number of ether oxygens (including phenoxy) is 1. The third-order valence-corrected chi connectivity index (χ3v) is 6.44. The Hall–Kier alpha value is -3.71. The number of urea groups is 1. The monoisotopic (exact) mass is 506 g/mol. The molecule has 0 saturated carbocycles. The van der Waals surface area contributed by atoms with Gasteiger partial charge in [0, 0.05) is 42.6 Å². The van der Waals surface area contributed by atoms with E-state index in [1.54, 1.807) is 43.3 Å². The van der Waals surface area contributed by atoms with Crippen molar-refractivity contribution in [2.75, 3.05) is 53.2 Å². The molecule has 8 heteroatoms. The number of hydrogen-bond donors (Lipinski definition) is 2. The second-order valence-electron chi connectivity index (χ2n) is 8.80. The van der Waals surface area contributed by atoms with Crippen LogP contribution >= 0.6 is 11.6 Å². The highest BCUT2D eigenvalue weighted by Crippen LogP contribution is 2.31. The first-order valence-electron chi connectivity index (χ1n) is 12.1. The van der Waals surface area contributed by atoms with Crippen molar-refractivity contribution in [3.63, 3.8) is 0 Å². The minimum absolute atomic E-state index is 0.279. The number of anilines is 4. The van der Waals surface area contributed by atoms with Crippen LogP contribution < -0.4 is 20.4 Å². The third-order valence-electron chi connectivity index (χ3n) is 6.18. The Labute approximate surface area is 217 Å². The van der Waals surface area contributed by atoms with E-state index in [9.17, 15) is 9.59 Å². The number of benzene rings is 3. The smallest absolute Gasteiger partial charge is 0.338 e. The second-order valence-corrected chi connectivity index (χ2v) is 9.24. The molecule has 3 aromatic rings. The fourth-order valence-electron chi connectivity index (χ4n) is 4.32. The molecule has 0 aliphatic carbocycles. The van der Waals surface area contributed by atoms with Crippen molar-refractivity contribution in [1.82, 2.24) is 0 Å². The molecule has 36 heavy (non-hydrogen) atoms. The summed E-state index contributed by atoms with van der Waals surface area (Å²) in [6, 6.07) is 18.3. The van der Waals surface area contributed by atoms with E-state index in [-0.39, 0.29) is 6.61 Å². The van der Waals surface area contributed by atoms with Crippen LogP contribution in [-0.2, 0) is 4.74 Å². The van der Waals surface area contributed by atoms with Crippen molar-refractivity contribution in [1.29, 1.82) is 0 Å². The normalized spacial score (nSPS) is 13.3. The molecule has 1 heterocycles. The van der Waals surface area contributed by atoms with Gasteiger partial charge in [0.1, 0.15) is 0 Å². The van der Waals surface area contributed by atoms with E-state index in [2.05, 4.69) is 52.5 Å². The van der Waals surface area contributed by atoms with Crippen molar-refractivity contribution < 1.29 is 14.3 Å². The quantitative estimate of drug-likeness (QED) is 0.395. The molecule has 1 fully saturated rings. The standard InChI is InChI=1S/C28H31ClN4O3/c1-4-36-27(34)21-7-12-25(24(18-21)31-28(35)30-23-10-8-22(29)9-11-23)32-13-15-33(16-14-32)26-17-19(2)5-6-20(26)3/h5-12,17-18H,4,13-16H2,1-3H3,(H2,30,31,35). The SMILES string of the molecule is CCOC(=O)c1ccc(N2CCN(c3cc(C)ccc3C)CC2)c(NC(=O)Nc2ccc(Cl)cc2)c1. The van der Waals surface area contributed by atoms with E-state index in [1.165, 1.54) is 16.8 Å². The molecule has 3 aromatic carbocycles. The van der Waals surface area contributed by atoms with Crippen LogP contribution in [0.1, 0.15) is 28.4 Å². The molecule has 4 rings (SSSR count). The molecule has 0 unspecified atom stereocenters. The number of piperazine rings is 1. The van der Waals surface area contributed by atoms with Gasteiger partial charge in [-0.1, -0.05) is 23.7 Å². The number of hydrogen-bond acceptors (Lipinski definition) is 5. The van der Waals surface area contributed by atoms with Crippen LogP contribution in [0.25, 0.3) is 0 Å². The fraction of sp³-hybridized carbons (Fsp3) is 0.286. The minimum Gasteiger partial charge on any atom is -0.462 e. The van der Waals surface area contributed by atoms with Crippen LogP contribution in [0, 0.1) is 13.8 Å². The van der Waals surface area contributed by atoms with Gasteiger partial charge in [-0.25, -0.2) is 9.59 Å². The van der Waals surface area contributed by atoms with Crippen LogP contribution in [0.15, 0.2) is 60.7 Å². The molecule has 0 aromatic heterocycles. The predicted octanol–water partition coefficient (Wildman–Crippen LogP) is 6.10. The maximum absolute atomic E-state index is 12.8. The average Bonchev–Trinajstić information content (AvgIpc) is 2.87. The molecule has 7 nitrogen and oxygen atoms in total. The average molecular weight is 507 g/mol. The molecule has 0 radical (unpaired) electrons. The Morgan fingerprint density at radius 1 is 0.861 bits per heavy atom. The molecule has 1 aliphatic heterocycles. The molecule has 0 spiro atoms. The lowest BCUT2D eigenvalue weighted by Gasteiger charge is -2.38. The van der Waals surface area contributed by atoms with E-state index in [1.807, 2.05) is 6.07 Å². The molecule has 2 N–H and O–H groups in total. The van der Waals surface area contributed by atoms with Gasteiger partial charge in [0.05, 0.1) is 23.5 Å². The summed E-state index contributed by atoms with van der Waals surface area (Å²) in [5, 5.41) is 6.32. The topological polar surface area (TPSA) is 73.9 Å². The van der Waals surface area contributed by atoms with Crippen molar-refractivity contribution >= 4 is 46.4 Å². The zero-order valence-electron chi connectivity index (χ0n) is 20.8. The van der Waals surface area contributed by atoms with Crippen LogP contribution in [0.5, 0.6) is 0 Å². The van der Waals surface area contributed by atoms with Gasteiger partial charge in [-0.15, -0.1) is 0 Å². The highest BCUT2D eigenvalue weighted by Gasteiger charge is 2.22. The number of carbonyl (C=O) groups excluding carboxylic acids is 2. The molecule has 188 valence electrons. The Kier molecular flexibility index (Phi) is 8.00. The number of aryl methyl sites for hydroxylation is 2. The maximum atomic E-state index is 12.8. The summed E-state index contributed by atoms with van der Waals surface area (Å²) in [6.45, 7) is 9.54. The zero-order valence-corrected chi connectivity index (χ0v) is 21.6. The Balaban J connectivity index is 1.53. The Morgan fingerprint density at radius 3 is 2.19 bits per heavy atom. The van der Waals surface area contributed by atoms with Crippen molar-refractivity contribution in [3.05, 3.63) is 82.4 Å². The molecule has 0 atom stereocenters. The summed E-state index contributed by atoms with van der Waals surface area (Å²) < 4.78 is 5.16. The fourth-order valence-corrected chi connectivity index (χ4v) is 4.45. The highest BCUT2D eigenvalue weighted by molar-refractivity contribution is 6.30. The first-order chi connectivity index (χ1) is 17.3. The molecule has 1 saturated heterocycles. The van der Waals surface area contributed by atoms with E-state index >= 15 is 0 Å². The van der Waals surface area contributed by atoms with Gasteiger partial charge in [0.15, 0.2) is 0 Å². The minimum atomic E-state index is -0.426. The molecular weight excluding hydrogens is 476 g/mol. The number of nitrogens with one attached hydrogen (secondary N) is 2. The zero-order chi connectivity index (χ0) is 25.7. The van der Waals surface area contributed by atoms with E-state index in [0.717, 1.165) is 31.9 Å². The molecule has 0 bridgehead atoms. The number of carbonyl (C=O) groups is 2. The van der Waals surface area contributed by atoms with Crippen LogP contribution in [0.4, 0.5) is 27.5 Å². The largest absolute Gasteiger partial charge is 0.462 e. The van der Waals surface area contributed by atoms with Gasteiger partial charge in [-0.3, -0.25) is 0 Å².